The second-order valence-electron chi connectivity index (χ2n) is 4.13. The molecule has 2 heterocycles. The molecule has 0 aromatic carbocycles. The zero-order valence-corrected chi connectivity index (χ0v) is 10.0. The smallest absolute Gasteiger partial charge is 0.377 e. The molecular formula is C8H14BO6P. The molecule has 5 atom stereocenters. The van der Waals surface area contributed by atoms with Gasteiger partial charge in [-0.05, 0) is 13.8 Å². The maximum absolute atomic E-state index is 11.2. The van der Waals surface area contributed by atoms with Gasteiger partial charge in [-0.2, -0.15) is 0 Å². The van der Waals surface area contributed by atoms with Crippen LogP contribution in [0.15, 0.2) is 0 Å². The Balaban J connectivity index is 1.99. The third kappa shape index (κ3) is 2.50. The fourth-order valence-corrected chi connectivity index (χ4v) is 2.92. The highest BCUT2D eigenvalue weighted by Gasteiger charge is 2.55. The van der Waals surface area contributed by atoms with E-state index in [4.69, 9.17) is 26.4 Å². The van der Waals surface area contributed by atoms with Crippen LogP contribution in [0.1, 0.15) is 13.8 Å². The van der Waals surface area contributed by atoms with E-state index in [-0.39, 0.29) is 12.7 Å². The van der Waals surface area contributed by atoms with E-state index >= 15 is 0 Å². The third-order valence-electron chi connectivity index (χ3n) is 2.45. The Morgan fingerprint density at radius 3 is 2.69 bits per heavy atom. The van der Waals surface area contributed by atoms with Crippen molar-refractivity contribution in [2.45, 2.75) is 44.3 Å². The minimum absolute atomic E-state index is 0.0436. The number of ether oxygens (including phenoxy) is 2. The molecule has 16 heavy (non-hydrogen) atoms. The lowest BCUT2D eigenvalue weighted by molar-refractivity contribution is -0.0443. The van der Waals surface area contributed by atoms with Crippen molar-refractivity contribution in [3.8, 4) is 0 Å². The van der Waals surface area contributed by atoms with Gasteiger partial charge in [0.2, 0.25) is 0 Å². The van der Waals surface area contributed by atoms with Crippen LogP contribution in [-0.2, 0) is 23.1 Å². The van der Waals surface area contributed by atoms with Gasteiger partial charge in [0.05, 0.1) is 12.7 Å². The lowest BCUT2D eigenvalue weighted by Crippen LogP contribution is -2.32. The van der Waals surface area contributed by atoms with E-state index in [0.29, 0.717) is 0 Å². The van der Waals surface area contributed by atoms with Gasteiger partial charge in [0, 0.05) is 6.00 Å². The van der Waals surface area contributed by atoms with Gasteiger partial charge in [0.1, 0.15) is 26.2 Å². The molecule has 2 aliphatic heterocycles. The van der Waals surface area contributed by atoms with Gasteiger partial charge < -0.3 is 14.4 Å². The van der Waals surface area contributed by atoms with Crippen LogP contribution in [0.4, 0.5) is 0 Å². The first-order valence-corrected chi connectivity index (χ1v) is 6.61. The second-order valence-corrected chi connectivity index (χ2v) is 5.49. The summed E-state index contributed by atoms with van der Waals surface area (Å²) in [6, 6.07) is -0.756. The quantitative estimate of drug-likeness (QED) is 0.567. The molecular weight excluding hydrogens is 234 g/mol. The average molecular weight is 248 g/mol. The van der Waals surface area contributed by atoms with Crippen LogP contribution >= 0.6 is 7.82 Å². The van der Waals surface area contributed by atoms with Crippen LogP contribution in [0.3, 0.4) is 0 Å². The Bertz CT molecular complexity index is 311. The monoisotopic (exact) mass is 248 g/mol. The van der Waals surface area contributed by atoms with Crippen molar-refractivity contribution in [1.29, 1.82) is 0 Å². The number of phosphoric acid groups is 1. The maximum atomic E-state index is 11.2. The zero-order chi connectivity index (χ0) is 11.9. The first-order chi connectivity index (χ1) is 7.39. The SMILES string of the molecule is [B][C@@H]1O[C@H](COC(C)C)[C@@H]2OP(=O)(O)OC12. The highest BCUT2D eigenvalue weighted by Crippen LogP contribution is 2.56. The molecule has 0 aromatic heterocycles. The van der Waals surface area contributed by atoms with Gasteiger partial charge in [-0.3, -0.25) is 9.05 Å². The summed E-state index contributed by atoms with van der Waals surface area (Å²) in [5.74, 6) is 0. The second kappa shape index (κ2) is 4.40. The summed E-state index contributed by atoms with van der Waals surface area (Å²) >= 11 is 0. The lowest BCUT2D eigenvalue weighted by Gasteiger charge is -2.18. The normalized spacial score (nSPS) is 47.5. The molecule has 6 nitrogen and oxygen atoms in total. The Morgan fingerprint density at radius 2 is 2.06 bits per heavy atom. The Labute approximate surface area is 95.2 Å². The predicted molar refractivity (Wildman–Crippen MR) is 55.1 cm³/mol. The topological polar surface area (TPSA) is 74.2 Å². The van der Waals surface area contributed by atoms with E-state index in [9.17, 15) is 9.46 Å². The van der Waals surface area contributed by atoms with E-state index in [2.05, 4.69) is 0 Å². The highest BCUT2D eigenvalue weighted by molar-refractivity contribution is 7.47. The molecule has 2 rings (SSSR count). The fourth-order valence-electron chi connectivity index (χ4n) is 1.76. The van der Waals surface area contributed by atoms with Crippen molar-refractivity contribution in [3.05, 3.63) is 0 Å². The molecule has 2 saturated heterocycles. The van der Waals surface area contributed by atoms with Crippen molar-refractivity contribution in [3.63, 3.8) is 0 Å². The van der Waals surface area contributed by atoms with Crippen molar-refractivity contribution in [2.75, 3.05) is 6.61 Å². The summed E-state index contributed by atoms with van der Waals surface area (Å²) in [7, 11) is 1.66. The van der Waals surface area contributed by atoms with E-state index in [0.717, 1.165) is 0 Å². The summed E-state index contributed by atoms with van der Waals surface area (Å²) in [4.78, 5) is 9.17. The van der Waals surface area contributed by atoms with Crippen molar-refractivity contribution < 1.29 is 28.0 Å². The molecule has 8 heteroatoms. The molecule has 0 amide bonds. The number of rotatable bonds is 3. The fraction of sp³-hybridized carbons (Fsp3) is 1.00. The van der Waals surface area contributed by atoms with Gasteiger partial charge in [-0.15, -0.1) is 0 Å². The predicted octanol–water partition coefficient (Wildman–Crippen LogP) is 0.189. The van der Waals surface area contributed by atoms with E-state index in [1.165, 1.54) is 0 Å². The minimum atomic E-state index is -3.96. The lowest BCUT2D eigenvalue weighted by atomic mass is 9.93. The van der Waals surface area contributed by atoms with Crippen LogP contribution in [0.5, 0.6) is 0 Å². The number of fused-ring (bicyclic) bond motifs is 1. The van der Waals surface area contributed by atoms with Gasteiger partial charge >= 0.3 is 7.82 Å². The van der Waals surface area contributed by atoms with E-state index < -0.39 is 32.1 Å². The maximum Gasteiger partial charge on any atom is 0.473 e. The minimum Gasteiger partial charge on any atom is -0.377 e. The van der Waals surface area contributed by atoms with Crippen molar-refractivity contribution >= 4 is 15.7 Å². The number of hydrogen-bond donors (Lipinski definition) is 1. The van der Waals surface area contributed by atoms with Crippen LogP contribution < -0.4 is 0 Å². The molecule has 0 spiro atoms. The molecule has 90 valence electrons. The van der Waals surface area contributed by atoms with Crippen molar-refractivity contribution in [2.24, 2.45) is 0 Å². The van der Waals surface area contributed by atoms with Gasteiger partial charge in [-0.25, -0.2) is 4.57 Å². The van der Waals surface area contributed by atoms with Crippen LogP contribution in [0.2, 0.25) is 0 Å². The number of phosphoric ester groups is 1. The van der Waals surface area contributed by atoms with E-state index in [1.54, 1.807) is 0 Å². The molecule has 0 bridgehead atoms. The zero-order valence-electron chi connectivity index (χ0n) is 9.11. The van der Waals surface area contributed by atoms with Crippen molar-refractivity contribution in [1.82, 2.24) is 0 Å². The first kappa shape index (κ1) is 12.5. The Morgan fingerprint density at radius 1 is 1.44 bits per heavy atom. The summed E-state index contributed by atoms with van der Waals surface area (Å²) < 4.78 is 31.6. The van der Waals surface area contributed by atoms with E-state index in [1.807, 2.05) is 13.8 Å². The van der Waals surface area contributed by atoms with Gasteiger partial charge in [0.15, 0.2) is 0 Å². The Hall–Kier alpha value is 0.0949. The van der Waals surface area contributed by atoms with Crippen LogP contribution in [0.25, 0.3) is 0 Å². The summed E-state index contributed by atoms with van der Waals surface area (Å²) in [6.45, 7) is 4.03. The summed E-state index contributed by atoms with van der Waals surface area (Å²) in [5, 5.41) is 0. The average Bonchev–Trinajstić information content (AvgIpc) is 2.59. The van der Waals surface area contributed by atoms with Crippen LogP contribution in [-0.4, -0.2) is 49.8 Å². The number of hydrogen-bond acceptors (Lipinski definition) is 5. The molecule has 0 aromatic rings. The summed E-state index contributed by atoms with van der Waals surface area (Å²) in [5.41, 5.74) is 0. The molecule has 2 unspecified atom stereocenters. The standard InChI is InChI=1S/C8H14BO6P/c1-4(2)12-3-5-6-7(8(9)13-5)15-16(10,11)14-6/h4-8H,3H2,1-2H3,(H,10,11)/t5-,6+,7?,8-/m1/s1. The molecule has 1 N–H and O–H groups in total. The largest absolute Gasteiger partial charge is 0.473 e. The molecule has 0 saturated carbocycles. The van der Waals surface area contributed by atoms with Crippen LogP contribution in [0, 0.1) is 0 Å². The third-order valence-corrected chi connectivity index (χ3v) is 3.47. The molecule has 2 aliphatic rings. The molecule has 0 aliphatic carbocycles. The highest BCUT2D eigenvalue weighted by atomic mass is 31.2. The molecule has 2 fully saturated rings. The first-order valence-electron chi connectivity index (χ1n) is 5.11. The van der Waals surface area contributed by atoms with Gasteiger partial charge in [0.25, 0.3) is 0 Å². The van der Waals surface area contributed by atoms with Gasteiger partial charge in [-0.1, -0.05) is 0 Å². The Kier molecular flexibility index (Phi) is 3.45. The molecule has 2 radical (unpaired) electrons. The summed E-state index contributed by atoms with van der Waals surface area (Å²) in [6.07, 6.45) is -1.76.